The first kappa shape index (κ1) is 20.0. The highest BCUT2D eigenvalue weighted by molar-refractivity contribution is 7.89. The van der Waals surface area contributed by atoms with Crippen LogP contribution in [0.15, 0.2) is 77.8 Å². The van der Waals surface area contributed by atoms with Crippen LogP contribution in [-0.4, -0.2) is 19.3 Å². The molecule has 0 aliphatic heterocycles. The van der Waals surface area contributed by atoms with Crippen molar-refractivity contribution in [1.29, 1.82) is 0 Å². The number of rotatable bonds is 6. The molecule has 1 unspecified atom stereocenters. The molecule has 144 valence electrons. The minimum absolute atomic E-state index is 0.00648. The van der Waals surface area contributed by atoms with Gasteiger partial charge in [0.25, 0.3) is 5.91 Å². The Hall–Kier alpha value is -2.74. The molecule has 2 N–H and O–H groups in total. The molecule has 1 aromatic heterocycles. The van der Waals surface area contributed by atoms with Crippen molar-refractivity contribution in [3.63, 3.8) is 0 Å². The number of amides is 1. The molecule has 0 spiro atoms. The number of hydrogen-bond donors (Lipinski definition) is 2. The topological polar surface area (TPSA) is 88.2 Å². The smallest absolute Gasteiger partial charge is 0.256 e. The van der Waals surface area contributed by atoms with Crippen LogP contribution in [0.3, 0.4) is 0 Å². The van der Waals surface area contributed by atoms with Gasteiger partial charge in [0, 0.05) is 17.8 Å². The van der Waals surface area contributed by atoms with Gasteiger partial charge in [-0.3, -0.25) is 4.79 Å². The van der Waals surface area contributed by atoms with Crippen molar-refractivity contribution in [2.24, 2.45) is 0 Å². The Balaban J connectivity index is 1.77. The molecule has 0 radical (unpaired) electrons. The van der Waals surface area contributed by atoms with Gasteiger partial charge in [0.15, 0.2) is 0 Å². The van der Waals surface area contributed by atoms with E-state index in [1.165, 1.54) is 30.5 Å². The second kappa shape index (κ2) is 8.52. The minimum atomic E-state index is -3.81. The standard InChI is InChI=1S/C20H18ClN3O3S/c1-14(15-6-3-2-4-7-15)24-28(26,27)18-9-5-8-16(12-18)20(25)23-19-11-10-17(21)13-22-19/h2-14,24H,1H3,(H,22,23,25). The fourth-order valence-electron chi connectivity index (χ4n) is 2.55. The zero-order valence-electron chi connectivity index (χ0n) is 15.0. The highest BCUT2D eigenvalue weighted by Crippen LogP contribution is 2.18. The van der Waals surface area contributed by atoms with Gasteiger partial charge in [0.1, 0.15) is 5.82 Å². The van der Waals surface area contributed by atoms with Gasteiger partial charge in [0.05, 0.1) is 9.92 Å². The molecule has 1 heterocycles. The molecule has 1 amide bonds. The number of halogens is 1. The average Bonchev–Trinajstić information content (AvgIpc) is 2.70. The van der Waals surface area contributed by atoms with Crippen LogP contribution < -0.4 is 10.0 Å². The second-order valence-electron chi connectivity index (χ2n) is 6.10. The van der Waals surface area contributed by atoms with Crippen LogP contribution in [0.1, 0.15) is 28.9 Å². The Morgan fingerprint density at radius 1 is 1.04 bits per heavy atom. The van der Waals surface area contributed by atoms with Crippen LogP contribution in [0.5, 0.6) is 0 Å². The van der Waals surface area contributed by atoms with E-state index in [-0.39, 0.29) is 10.5 Å². The Morgan fingerprint density at radius 3 is 2.46 bits per heavy atom. The summed E-state index contributed by atoms with van der Waals surface area (Å²) in [4.78, 5) is 16.4. The average molecular weight is 416 g/mol. The Bertz CT molecular complexity index is 1070. The van der Waals surface area contributed by atoms with Crippen LogP contribution in [-0.2, 0) is 10.0 Å². The van der Waals surface area contributed by atoms with E-state index in [2.05, 4.69) is 15.0 Å². The predicted molar refractivity (Wildman–Crippen MR) is 109 cm³/mol. The zero-order valence-corrected chi connectivity index (χ0v) is 16.5. The van der Waals surface area contributed by atoms with E-state index < -0.39 is 22.0 Å². The highest BCUT2D eigenvalue weighted by atomic mass is 35.5. The quantitative estimate of drug-likeness (QED) is 0.636. The van der Waals surface area contributed by atoms with E-state index in [9.17, 15) is 13.2 Å². The van der Waals surface area contributed by atoms with Crippen LogP contribution >= 0.6 is 11.6 Å². The number of carbonyl (C=O) groups excluding carboxylic acids is 1. The maximum atomic E-state index is 12.7. The Labute approximate surface area is 168 Å². The van der Waals surface area contributed by atoms with Gasteiger partial charge in [-0.15, -0.1) is 0 Å². The minimum Gasteiger partial charge on any atom is -0.307 e. The van der Waals surface area contributed by atoms with Crippen molar-refractivity contribution in [2.75, 3.05) is 5.32 Å². The lowest BCUT2D eigenvalue weighted by Crippen LogP contribution is -2.27. The Kier molecular flexibility index (Phi) is 6.08. The van der Waals surface area contributed by atoms with Crippen LogP contribution in [0.25, 0.3) is 0 Å². The molecule has 28 heavy (non-hydrogen) atoms. The molecule has 0 bridgehead atoms. The van der Waals surface area contributed by atoms with Crippen LogP contribution in [0.4, 0.5) is 5.82 Å². The van der Waals surface area contributed by atoms with Crippen molar-refractivity contribution in [3.8, 4) is 0 Å². The van der Waals surface area contributed by atoms with Crippen molar-refractivity contribution >= 4 is 33.3 Å². The van der Waals surface area contributed by atoms with Crippen molar-refractivity contribution in [2.45, 2.75) is 17.9 Å². The van der Waals surface area contributed by atoms with Crippen LogP contribution in [0.2, 0.25) is 5.02 Å². The molecular weight excluding hydrogens is 398 g/mol. The lowest BCUT2D eigenvalue weighted by Gasteiger charge is -2.15. The summed E-state index contributed by atoms with van der Waals surface area (Å²) < 4.78 is 28.1. The number of hydrogen-bond acceptors (Lipinski definition) is 4. The number of nitrogens with zero attached hydrogens (tertiary/aromatic N) is 1. The van der Waals surface area contributed by atoms with Gasteiger partial charge in [-0.05, 0) is 42.8 Å². The SMILES string of the molecule is CC(NS(=O)(=O)c1cccc(C(=O)Nc2ccc(Cl)cn2)c1)c1ccccc1. The van der Waals surface area contributed by atoms with E-state index in [1.807, 2.05) is 30.3 Å². The number of anilines is 1. The molecule has 0 fully saturated rings. The first-order chi connectivity index (χ1) is 13.3. The summed E-state index contributed by atoms with van der Waals surface area (Å²) in [6, 6.07) is 17.8. The van der Waals surface area contributed by atoms with Crippen molar-refractivity contribution in [1.82, 2.24) is 9.71 Å². The summed E-state index contributed by atoms with van der Waals surface area (Å²) in [6.07, 6.45) is 1.41. The molecule has 3 rings (SSSR count). The van der Waals surface area contributed by atoms with E-state index in [0.717, 1.165) is 5.56 Å². The lowest BCUT2D eigenvalue weighted by atomic mass is 10.1. The monoisotopic (exact) mass is 415 g/mol. The maximum Gasteiger partial charge on any atom is 0.256 e. The van der Waals surface area contributed by atoms with Gasteiger partial charge in [-0.2, -0.15) is 0 Å². The first-order valence-corrected chi connectivity index (χ1v) is 10.3. The van der Waals surface area contributed by atoms with Gasteiger partial charge in [-0.1, -0.05) is 48.0 Å². The van der Waals surface area contributed by atoms with Gasteiger partial charge < -0.3 is 5.32 Å². The molecule has 0 saturated heterocycles. The molecule has 2 aromatic carbocycles. The fourth-order valence-corrected chi connectivity index (χ4v) is 3.94. The number of carbonyl (C=O) groups is 1. The van der Waals surface area contributed by atoms with E-state index >= 15 is 0 Å². The second-order valence-corrected chi connectivity index (χ2v) is 8.25. The number of sulfonamides is 1. The first-order valence-electron chi connectivity index (χ1n) is 8.45. The summed E-state index contributed by atoms with van der Waals surface area (Å²) in [5, 5.41) is 3.06. The van der Waals surface area contributed by atoms with Crippen molar-refractivity contribution in [3.05, 3.63) is 89.1 Å². The number of nitrogens with one attached hydrogen (secondary N) is 2. The third-order valence-electron chi connectivity index (χ3n) is 4.01. The van der Waals surface area contributed by atoms with Crippen molar-refractivity contribution < 1.29 is 13.2 Å². The number of aromatic nitrogens is 1. The summed E-state index contributed by atoms with van der Waals surface area (Å²) in [6.45, 7) is 1.76. The highest BCUT2D eigenvalue weighted by Gasteiger charge is 2.20. The number of pyridine rings is 1. The Morgan fingerprint density at radius 2 is 1.79 bits per heavy atom. The van der Waals surface area contributed by atoms with E-state index in [1.54, 1.807) is 19.1 Å². The summed E-state index contributed by atoms with van der Waals surface area (Å²) in [7, 11) is -3.81. The fraction of sp³-hybridized carbons (Fsp3) is 0.100. The molecular formula is C20H18ClN3O3S. The van der Waals surface area contributed by atoms with E-state index in [0.29, 0.717) is 10.8 Å². The molecule has 0 aliphatic carbocycles. The van der Waals surface area contributed by atoms with Crippen LogP contribution in [0, 0.1) is 0 Å². The molecule has 8 heteroatoms. The third-order valence-corrected chi connectivity index (χ3v) is 5.77. The summed E-state index contributed by atoms with van der Waals surface area (Å²) in [5.41, 5.74) is 1.04. The number of benzene rings is 2. The lowest BCUT2D eigenvalue weighted by molar-refractivity contribution is 0.102. The van der Waals surface area contributed by atoms with Gasteiger partial charge in [-0.25, -0.2) is 18.1 Å². The maximum absolute atomic E-state index is 12.7. The molecule has 6 nitrogen and oxygen atoms in total. The van der Waals surface area contributed by atoms with E-state index in [4.69, 9.17) is 11.6 Å². The molecule has 1 atom stereocenters. The van der Waals surface area contributed by atoms with Gasteiger partial charge >= 0.3 is 0 Å². The normalized spacial score (nSPS) is 12.4. The van der Waals surface area contributed by atoms with Gasteiger partial charge in [0.2, 0.25) is 10.0 Å². The third kappa shape index (κ3) is 4.95. The summed E-state index contributed by atoms with van der Waals surface area (Å²) in [5.74, 6) is -0.151. The summed E-state index contributed by atoms with van der Waals surface area (Å²) >= 11 is 5.77. The molecule has 0 saturated carbocycles. The predicted octanol–water partition coefficient (Wildman–Crippen LogP) is 4.03. The zero-order chi connectivity index (χ0) is 20.1. The largest absolute Gasteiger partial charge is 0.307 e. The molecule has 0 aliphatic rings. The molecule has 3 aromatic rings.